The standard InChI is InChI=1S/C22H15F2N3O2/c23-16-10-6-9-15(13-16)20(28)25-19(17-11-4-5-12-18(17)24)22-27-26-21(29-22)14-7-2-1-3-8-14/h1-13,19H,(H,25,28). The summed E-state index contributed by atoms with van der Waals surface area (Å²) >= 11 is 0. The van der Waals surface area contributed by atoms with Gasteiger partial charge in [0.1, 0.15) is 17.7 Å². The van der Waals surface area contributed by atoms with E-state index in [9.17, 15) is 13.6 Å². The van der Waals surface area contributed by atoms with E-state index < -0.39 is 23.6 Å². The first-order valence-corrected chi connectivity index (χ1v) is 8.81. The molecule has 4 aromatic rings. The minimum atomic E-state index is -1.04. The summed E-state index contributed by atoms with van der Waals surface area (Å²) in [5.74, 6) is -1.45. The van der Waals surface area contributed by atoms with Gasteiger partial charge in [0.15, 0.2) is 0 Å². The van der Waals surface area contributed by atoms with Gasteiger partial charge in [0.2, 0.25) is 11.8 Å². The third-order valence-corrected chi connectivity index (χ3v) is 4.29. The third-order valence-electron chi connectivity index (χ3n) is 4.29. The fourth-order valence-electron chi connectivity index (χ4n) is 2.87. The molecular weight excluding hydrogens is 376 g/mol. The Morgan fingerprint density at radius 2 is 1.66 bits per heavy atom. The number of carbonyl (C=O) groups is 1. The van der Waals surface area contributed by atoms with Gasteiger partial charge in [-0.1, -0.05) is 42.5 Å². The summed E-state index contributed by atoms with van der Waals surface area (Å²) in [4.78, 5) is 12.7. The van der Waals surface area contributed by atoms with E-state index in [2.05, 4.69) is 15.5 Å². The molecule has 0 fully saturated rings. The van der Waals surface area contributed by atoms with Gasteiger partial charge in [-0.2, -0.15) is 0 Å². The van der Waals surface area contributed by atoms with Gasteiger partial charge in [0, 0.05) is 16.7 Å². The predicted octanol–water partition coefficient (Wildman–Crippen LogP) is 4.53. The zero-order valence-electron chi connectivity index (χ0n) is 15.0. The molecule has 0 saturated heterocycles. The highest BCUT2D eigenvalue weighted by Crippen LogP contribution is 2.27. The Labute approximate surface area is 165 Å². The highest BCUT2D eigenvalue weighted by molar-refractivity contribution is 5.94. The fourth-order valence-corrected chi connectivity index (χ4v) is 2.87. The molecule has 1 heterocycles. The first kappa shape index (κ1) is 18.5. The molecule has 0 aliphatic carbocycles. The van der Waals surface area contributed by atoms with Crippen LogP contribution in [-0.2, 0) is 0 Å². The lowest BCUT2D eigenvalue weighted by molar-refractivity contribution is 0.0937. The largest absolute Gasteiger partial charge is 0.418 e. The van der Waals surface area contributed by atoms with Crippen molar-refractivity contribution in [3.63, 3.8) is 0 Å². The molecule has 0 aliphatic rings. The highest BCUT2D eigenvalue weighted by Gasteiger charge is 2.26. The minimum Gasteiger partial charge on any atom is -0.418 e. The van der Waals surface area contributed by atoms with Crippen LogP contribution in [0, 0.1) is 11.6 Å². The lowest BCUT2D eigenvalue weighted by Gasteiger charge is -2.16. The number of hydrogen-bond donors (Lipinski definition) is 1. The van der Waals surface area contributed by atoms with Crippen molar-refractivity contribution in [1.82, 2.24) is 15.5 Å². The Balaban J connectivity index is 1.71. The second-order valence-corrected chi connectivity index (χ2v) is 6.25. The molecule has 5 nitrogen and oxygen atoms in total. The van der Waals surface area contributed by atoms with Crippen molar-refractivity contribution in [3.8, 4) is 11.5 Å². The molecule has 0 saturated carbocycles. The number of benzene rings is 3. The molecule has 1 amide bonds. The van der Waals surface area contributed by atoms with Crippen LogP contribution in [0.1, 0.15) is 27.9 Å². The number of halogens is 2. The van der Waals surface area contributed by atoms with Crippen molar-refractivity contribution in [1.29, 1.82) is 0 Å². The van der Waals surface area contributed by atoms with E-state index in [0.717, 1.165) is 6.07 Å². The maximum absolute atomic E-state index is 14.5. The van der Waals surface area contributed by atoms with Crippen LogP contribution in [0.4, 0.5) is 8.78 Å². The quantitative estimate of drug-likeness (QED) is 0.543. The summed E-state index contributed by atoms with van der Waals surface area (Å²) < 4.78 is 33.7. The molecule has 0 radical (unpaired) electrons. The van der Waals surface area contributed by atoms with Gasteiger partial charge in [-0.15, -0.1) is 10.2 Å². The van der Waals surface area contributed by atoms with E-state index in [4.69, 9.17) is 4.42 Å². The summed E-state index contributed by atoms with van der Waals surface area (Å²) in [5, 5.41) is 10.7. The van der Waals surface area contributed by atoms with Crippen molar-refractivity contribution in [2.75, 3.05) is 0 Å². The van der Waals surface area contributed by atoms with Gasteiger partial charge < -0.3 is 9.73 Å². The number of hydrogen-bond acceptors (Lipinski definition) is 4. The van der Waals surface area contributed by atoms with E-state index in [1.54, 1.807) is 18.2 Å². The van der Waals surface area contributed by atoms with Crippen LogP contribution in [0.5, 0.6) is 0 Å². The Kier molecular flexibility index (Phi) is 5.11. The molecule has 1 aromatic heterocycles. The van der Waals surface area contributed by atoms with Crippen LogP contribution in [0.25, 0.3) is 11.5 Å². The van der Waals surface area contributed by atoms with Crippen LogP contribution >= 0.6 is 0 Å². The first-order chi connectivity index (χ1) is 14.1. The second kappa shape index (κ2) is 8.02. The summed E-state index contributed by atoms with van der Waals surface area (Å²) in [6.45, 7) is 0. The van der Waals surface area contributed by atoms with Gasteiger partial charge in [-0.3, -0.25) is 4.79 Å². The van der Waals surface area contributed by atoms with Crippen molar-refractivity contribution >= 4 is 5.91 Å². The Morgan fingerprint density at radius 1 is 0.897 bits per heavy atom. The zero-order valence-corrected chi connectivity index (χ0v) is 15.0. The molecule has 1 unspecified atom stereocenters. The van der Waals surface area contributed by atoms with Gasteiger partial charge in [0.25, 0.3) is 5.91 Å². The smallest absolute Gasteiger partial charge is 0.252 e. The Hall–Kier alpha value is -3.87. The van der Waals surface area contributed by atoms with Gasteiger partial charge in [0.05, 0.1) is 0 Å². The zero-order chi connectivity index (χ0) is 20.2. The van der Waals surface area contributed by atoms with Gasteiger partial charge in [-0.25, -0.2) is 8.78 Å². The van der Waals surface area contributed by atoms with Crippen molar-refractivity contribution < 1.29 is 18.0 Å². The molecule has 0 aliphatic heterocycles. The van der Waals surface area contributed by atoms with E-state index in [1.165, 1.54) is 36.4 Å². The lowest BCUT2D eigenvalue weighted by Crippen LogP contribution is -2.30. The molecule has 3 aromatic carbocycles. The van der Waals surface area contributed by atoms with E-state index in [-0.39, 0.29) is 22.9 Å². The van der Waals surface area contributed by atoms with Crippen LogP contribution < -0.4 is 5.32 Å². The number of aromatic nitrogens is 2. The number of nitrogens with zero attached hydrogens (tertiary/aromatic N) is 2. The second-order valence-electron chi connectivity index (χ2n) is 6.25. The molecule has 4 rings (SSSR count). The number of carbonyl (C=O) groups excluding carboxylic acids is 1. The minimum absolute atomic E-state index is 0.0127. The maximum Gasteiger partial charge on any atom is 0.252 e. The monoisotopic (exact) mass is 391 g/mol. The predicted molar refractivity (Wildman–Crippen MR) is 102 cm³/mol. The average Bonchev–Trinajstić information content (AvgIpc) is 3.23. The SMILES string of the molecule is O=C(NC(c1nnc(-c2ccccc2)o1)c1ccccc1F)c1cccc(F)c1. The van der Waals surface area contributed by atoms with Crippen LogP contribution in [0.2, 0.25) is 0 Å². The molecule has 1 atom stereocenters. The van der Waals surface area contributed by atoms with E-state index >= 15 is 0 Å². The topological polar surface area (TPSA) is 68.0 Å². The summed E-state index contributed by atoms with van der Waals surface area (Å²) in [7, 11) is 0. The number of nitrogens with one attached hydrogen (secondary N) is 1. The average molecular weight is 391 g/mol. The molecule has 1 N–H and O–H groups in total. The van der Waals surface area contributed by atoms with Gasteiger partial charge >= 0.3 is 0 Å². The van der Waals surface area contributed by atoms with Crippen molar-refractivity contribution in [2.24, 2.45) is 0 Å². The molecule has 29 heavy (non-hydrogen) atoms. The Morgan fingerprint density at radius 3 is 2.41 bits per heavy atom. The number of amides is 1. The molecule has 0 spiro atoms. The van der Waals surface area contributed by atoms with Gasteiger partial charge in [-0.05, 0) is 36.4 Å². The van der Waals surface area contributed by atoms with E-state index in [1.807, 2.05) is 18.2 Å². The van der Waals surface area contributed by atoms with Crippen molar-refractivity contribution in [2.45, 2.75) is 6.04 Å². The first-order valence-electron chi connectivity index (χ1n) is 8.81. The fraction of sp³-hybridized carbons (Fsp3) is 0.0455. The number of rotatable bonds is 5. The Bertz CT molecular complexity index is 1150. The van der Waals surface area contributed by atoms with Crippen LogP contribution in [-0.4, -0.2) is 16.1 Å². The highest BCUT2D eigenvalue weighted by atomic mass is 19.1. The molecule has 0 bridgehead atoms. The summed E-state index contributed by atoms with van der Waals surface area (Å²) in [6, 6.07) is 19.2. The summed E-state index contributed by atoms with van der Waals surface area (Å²) in [6.07, 6.45) is 0. The van der Waals surface area contributed by atoms with Crippen molar-refractivity contribution in [3.05, 3.63) is 108 Å². The molecule has 7 heteroatoms. The van der Waals surface area contributed by atoms with Crippen LogP contribution in [0.15, 0.2) is 83.3 Å². The molecule has 144 valence electrons. The van der Waals surface area contributed by atoms with Crippen LogP contribution in [0.3, 0.4) is 0 Å². The normalized spacial score (nSPS) is 11.8. The third kappa shape index (κ3) is 4.03. The lowest BCUT2D eigenvalue weighted by atomic mass is 10.1. The summed E-state index contributed by atoms with van der Waals surface area (Å²) in [5.41, 5.74) is 0.935. The maximum atomic E-state index is 14.5. The van der Waals surface area contributed by atoms with E-state index in [0.29, 0.717) is 5.56 Å². The molecular formula is C22H15F2N3O2.